The molecule has 0 unspecified atom stereocenters. The summed E-state index contributed by atoms with van der Waals surface area (Å²) in [6.45, 7) is 2.67. The Labute approximate surface area is 259 Å². The Bertz CT molecular complexity index is 1800. The van der Waals surface area contributed by atoms with Gasteiger partial charge in [0, 0.05) is 52.8 Å². The van der Waals surface area contributed by atoms with E-state index in [2.05, 4.69) is 9.80 Å². The maximum Gasteiger partial charge on any atom is 0.341 e. The maximum absolute atomic E-state index is 15.0. The van der Waals surface area contributed by atoms with Gasteiger partial charge in [-0.05, 0) is 43.3 Å². The molecule has 0 bridgehead atoms. The molecule has 3 heterocycles. The van der Waals surface area contributed by atoms with Crippen LogP contribution in [0.3, 0.4) is 0 Å². The van der Waals surface area contributed by atoms with Gasteiger partial charge in [-0.15, -0.1) is 0 Å². The topological polar surface area (TPSA) is 133 Å². The van der Waals surface area contributed by atoms with E-state index in [4.69, 9.17) is 20.8 Å². The second-order valence-electron chi connectivity index (χ2n) is 11.0. The van der Waals surface area contributed by atoms with E-state index in [9.17, 15) is 22.8 Å². The Morgan fingerprint density at radius 2 is 1.91 bits per heavy atom. The fourth-order valence-corrected chi connectivity index (χ4v) is 6.44. The zero-order valence-corrected chi connectivity index (χ0v) is 26.3. The SMILES string of the molecule is COC[C@H]1CN(c2ccc3c4c(c(=O)oc3c2Cl)CN(C(=O)c2c(F)cccc2C(=O)NS(=O)(=O)N(C)C)CC4)CCN1C. The standard InChI is InChI=1S/C29H33ClFN5O7S/c1-33(2)44(40,41)32-27(37)20-6-5-7-22(31)24(20)28(38)36-11-10-18-19-8-9-23(25(30)26(19)43-29(39)21(18)15-36)35-13-12-34(3)17(14-35)16-42-4/h5-9,17H,10-16H2,1-4H3,(H,32,37)/t17-/m1/s1. The van der Waals surface area contributed by atoms with Gasteiger partial charge in [-0.3, -0.25) is 14.5 Å². The zero-order valence-electron chi connectivity index (χ0n) is 24.7. The van der Waals surface area contributed by atoms with Gasteiger partial charge < -0.3 is 19.0 Å². The van der Waals surface area contributed by atoms with E-state index < -0.39 is 44.6 Å². The van der Waals surface area contributed by atoms with Crippen LogP contribution in [0.15, 0.2) is 39.5 Å². The number of amides is 2. The average Bonchev–Trinajstić information content (AvgIpc) is 2.98. The summed E-state index contributed by atoms with van der Waals surface area (Å²) >= 11 is 6.83. The minimum atomic E-state index is -4.20. The summed E-state index contributed by atoms with van der Waals surface area (Å²) in [7, 11) is 1.93. The van der Waals surface area contributed by atoms with E-state index in [1.54, 1.807) is 7.11 Å². The highest BCUT2D eigenvalue weighted by Crippen LogP contribution is 2.37. The number of halogens is 2. The van der Waals surface area contributed by atoms with Crippen molar-refractivity contribution in [3.8, 4) is 0 Å². The molecule has 15 heteroatoms. The van der Waals surface area contributed by atoms with Crippen LogP contribution >= 0.6 is 11.6 Å². The number of nitrogens with zero attached hydrogens (tertiary/aromatic N) is 4. The maximum atomic E-state index is 15.0. The average molecular weight is 650 g/mol. The molecule has 2 amide bonds. The van der Waals surface area contributed by atoms with Crippen LogP contribution in [0.4, 0.5) is 10.1 Å². The van der Waals surface area contributed by atoms with Crippen LogP contribution in [-0.2, 0) is 27.9 Å². The number of ether oxygens (including phenoxy) is 1. The van der Waals surface area contributed by atoms with Crippen LogP contribution < -0.4 is 15.2 Å². The molecule has 1 atom stereocenters. The van der Waals surface area contributed by atoms with E-state index in [0.29, 0.717) is 29.1 Å². The van der Waals surface area contributed by atoms with Gasteiger partial charge in [0.2, 0.25) is 0 Å². The number of carbonyl (C=O) groups excluding carboxylic acids is 2. The van der Waals surface area contributed by atoms with Gasteiger partial charge in [0.25, 0.3) is 11.8 Å². The highest BCUT2D eigenvalue weighted by Gasteiger charge is 2.33. The lowest BCUT2D eigenvalue weighted by Crippen LogP contribution is -2.53. The molecule has 44 heavy (non-hydrogen) atoms. The molecule has 0 radical (unpaired) electrons. The number of nitrogens with one attached hydrogen (secondary N) is 1. The first-order valence-corrected chi connectivity index (χ1v) is 15.7. The van der Waals surface area contributed by atoms with Crippen LogP contribution in [-0.4, -0.2) is 101 Å². The number of likely N-dealkylation sites (N-methyl/N-ethyl adjacent to an activating group) is 1. The molecule has 5 rings (SSSR count). The second-order valence-corrected chi connectivity index (χ2v) is 13.3. The molecule has 12 nitrogen and oxygen atoms in total. The molecule has 2 aliphatic rings. The number of methoxy groups -OCH3 is 1. The molecular formula is C29H33ClFN5O7S. The fraction of sp³-hybridized carbons (Fsp3) is 0.414. The van der Waals surface area contributed by atoms with Gasteiger partial charge in [-0.1, -0.05) is 17.7 Å². The van der Waals surface area contributed by atoms with Gasteiger partial charge in [-0.2, -0.15) is 12.7 Å². The number of piperazine rings is 1. The van der Waals surface area contributed by atoms with Gasteiger partial charge in [-0.25, -0.2) is 13.9 Å². The first-order chi connectivity index (χ1) is 20.8. The number of hydrogen-bond acceptors (Lipinski definition) is 9. The fourth-order valence-electron chi connectivity index (χ4n) is 5.59. The van der Waals surface area contributed by atoms with Crippen LogP contribution in [0.1, 0.15) is 31.8 Å². The Kier molecular flexibility index (Phi) is 9.01. The number of rotatable bonds is 7. The monoisotopic (exact) mass is 649 g/mol. The van der Waals surface area contributed by atoms with Gasteiger partial charge in [0.15, 0.2) is 5.58 Å². The van der Waals surface area contributed by atoms with Crippen molar-refractivity contribution in [1.29, 1.82) is 0 Å². The molecule has 2 aliphatic heterocycles. The quantitative estimate of drug-likeness (QED) is 0.382. The van der Waals surface area contributed by atoms with E-state index >= 15 is 4.39 Å². The molecule has 1 N–H and O–H groups in total. The minimum Gasteiger partial charge on any atom is -0.421 e. The Balaban J connectivity index is 1.45. The number of anilines is 1. The van der Waals surface area contributed by atoms with E-state index in [1.807, 2.05) is 23.9 Å². The molecule has 236 valence electrons. The molecular weight excluding hydrogens is 617 g/mol. The predicted molar refractivity (Wildman–Crippen MR) is 163 cm³/mol. The number of carbonyl (C=O) groups is 2. The van der Waals surface area contributed by atoms with Gasteiger partial charge in [0.05, 0.1) is 41.6 Å². The molecule has 0 spiro atoms. The lowest BCUT2D eigenvalue weighted by atomic mass is 9.96. The van der Waals surface area contributed by atoms with Crippen molar-refractivity contribution < 1.29 is 31.6 Å². The first kappa shape index (κ1) is 31.9. The Hall–Kier alpha value is -3.56. The molecule has 0 aliphatic carbocycles. The lowest BCUT2D eigenvalue weighted by molar-refractivity contribution is 0.0722. The van der Waals surface area contributed by atoms with E-state index in [0.717, 1.165) is 35.2 Å². The van der Waals surface area contributed by atoms with E-state index in [-0.39, 0.29) is 36.7 Å². The third-order valence-electron chi connectivity index (χ3n) is 8.13. The second kappa shape index (κ2) is 12.4. The molecule has 1 aromatic heterocycles. The highest BCUT2D eigenvalue weighted by molar-refractivity contribution is 7.87. The van der Waals surface area contributed by atoms with Crippen molar-refractivity contribution in [1.82, 2.24) is 18.8 Å². The van der Waals surface area contributed by atoms with Crippen molar-refractivity contribution in [2.75, 3.05) is 65.9 Å². The molecule has 3 aromatic rings. The molecule has 2 aromatic carbocycles. The predicted octanol–water partition coefficient (Wildman–Crippen LogP) is 2.09. The van der Waals surface area contributed by atoms with Crippen LogP contribution in [0.2, 0.25) is 5.02 Å². The largest absolute Gasteiger partial charge is 0.421 e. The summed E-state index contributed by atoms with van der Waals surface area (Å²) in [6.07, 6.45) is 0.244. The van der Waals surface area contributed by atoms with Crippen molar-refractivity contribution in [2.24, 2.45) is 0 Å². The van der Waals surface area contributed by atoms with Crippen molar-refractivity contribution >= 4 is 50.3 Å². The molecule has 0 saturated carbocycles. The lowest BCUT2D eigenvalue weighted by Gasteiger charge is -2.40. The summed E-state index contributed by atoms with van der Waals surface area (Å²) in [5.74, 6) is -3.03. The van der Waals surface area contributed by atoms with Crippen LogP contribution in [0.5, 0.6) is 0 Å². The highest BCUT2D eigenvalue weighted by atomic mass is 35.5. The third-order valence-corrected chi connectivity index (χ3v) is 9.90. The Morgan fingerprint density at radius 3 is 2.61 bits per heavy atom. The third kappa shape index (κ3) is 5.92. The van der Waals surface area contributed by atoms with E-state index in [1.165, 1.54) is 25.1 Å². The summed E-state index contributed by atoms with van der Waals surface area (Å²) in [5.41, 5.74) is 0.164. The van der Waals surface area contributed by atoms with Gasteiger partial charge >= 0.3 is 15.8 Å². The first-order valence-electron chi connectivity index (χ1n) is 13.9. The van der Waals surface area contributed by atoms with Crippen molar-refractivity contribution in [3.05, 3.63) is 73.8 Å². The van der Waals surface area contributed by atoms with Crippen molar-refractivity contribution in [3.63, 3.8) is 0 Å². The summed E-state index contributed by atoms with van der Waals surface area (Å²) in [4.78, 5) is 45.2. The van der Waals surface area contributed by atoms with Gasteiger partial charge in [0.1, 0.15) is 10.8 Å². The number of hydrogen-bond donors (Lipinski definition) is 1. The number of benzene rings is 2. The van der Waals surface area contributed by atoms with Crippen molar-refractivity contribution in [2.45, 2.75) is 19.0 Å². The summed E-state index contributed by atoms with van der Waals surface area (Å²) in [6, 6.07) is 7.27. The normalized spacial score (nSPS) is 17.7. The number of fused-ring (bicyclic) bond motifs is 3. The smallest absolute Gasteiger partial charge is 0.341 e. The van der Waals surface area contributed by atoms with Crippen LogP contribution in [0, 0.1) is 5.82 Å². The molecule has 1 fully saturated rings. The molecule has 1 saturated heterocycles. The Morgan fingerprint density at radius 1 is 1.16 bits per heavy atom. The zero-order chi connectivity index (χ0) is 31.9. The summed E-state index contributed by atoms with van der Waals surface area (Å²) < 4.78 is 53.1. The summed E-state index contributed by atoms with van der Waals surface area (Å²) in [5, 5.41) is 0.958. The van der Waals surface area contributed by atoms with Crippen LogP contribution in [0.25, 0.3) is 11.0 Å². The minimum absolute atomic E-state index is 0.103.